The van der Waals surface area contributed by atoms with Crippen LogP contribution in [0.5, 0.6) is 0 Å². The number of hydrogen-bond donors (Lipinski definition) is 0. The van der Waals surface area contributed by atoms with Crippen LogP contribution in [0.3, 0.4) is 0 Å². The SMILES string of the molecule is FC(F)(F)CN(CCBr)c1nccn2nccc12. The van der Waals surface area contributed by atoms with Crippen LogP contribution in [-0.4, -0.2) is 39.2 Å². The Balaban J connectivity index is 2.38. The van der Waals surface area contributed by atoms with E-state index in [1.165, 1.54) is 21.8 Å². The zero-order chi connectivity index (χ0) is 13.2. The van der Waals surface area contributed by atoms with Gasteiger partial charge in [-0.1, -0.05) is 15.9 Å². The number of aromatic nitrogens is 3. The van der Waals surface area contributed by atoms with Crippen molar-refractivity contribution >= 4 is 27.3 Å². The Morgan fingerprint density at radius 3 is 2.78 bits per heavy atom. The fourth-order valence-electron chi connectivity index (χ4n) is 1.67. The summed E-state index contributed by atoms with van der Waals surface area (Å²) in [6, 6.07) is 1.64. The van der Waals surface area contributed by atoms with Crippen LogP contribution >= 0.6 is 15.9 Å². The first-order valence-corrected chi connectivity index (χ1v) is 6.29. The average Bonchev–Trinajstić information content (AvgIpc) is 2.74. The van der Waals surface area contributed by atoms with Gasteiger partial charge in [0.15, 0.2) is 5.82 Å². The van der Waals surface area contributed by atoms with E-state index < -0.39 is 12.7 Å². The Bertz CT molecular complexity index is 525. The van der Waals surface area contributed by atoms with Gasteiger partial charge in [-0.15, -0.1) is 0 Å². The highest BCUT2D eigenvalue weighted by Crippen LogP contribution is 2.23. The summed E-state index contributed by atoms with van der Waals surface area (Å²) >= 11 is 3.15. The lowest BCUT2D eigenvalue weighted by Gasteiger charge is -2.24. The van der Waals surface area contributed by atoms with Crippen molar-refractivity contribution in [3.8, 4) is 0 Å². The molecule has 2 aromatic rings. The Labute approximate surface area is 110 Å². The van der Waals surface area contributed by atoms with Crippen molar-refractivity contribution in [1.29, 1.82) is 0 Å². The van der Waals surface area contributed by atoms with Crippen molar-refractivity contribution in [2.24, 2.45) is 0 Å². The molecule has 2 heterocycles. The van der Waals surface area contributed by atoms with Crippen LogP contribution in [0.4, 0.5) is 19.0 Å². The highest BCUT2D eigenvalue weighted by atomic mass is 79.9. The Morgan fingerprint density at radius 2 is 2.11 bits per heavy atom. The molecule has 0 aliphatic carbocycles. The second-order valence-corrected chi connectivity index (χ2v) is 4.43. The molecular formula is C10H10BrF3N4. The van der Waals surface area contributed by atoms with Crippen molar-refractivity contribution in [1.82, 2.24) is 14.6 Å². The molecule has 0 saturated heterocycles. The highest BCUT2D eigenvalue weighted by Gasteiger charge is 2.31. The molecule has 0 aliphatic rings. The minimum atomic E-state index is -4.27. The number of halogens is 4. The second-order valence-electron chi connectivity index (χ2n) is 3.64. The van der Waals surface area contributed by atoms with Gasteiger partial charge in [-0.25, -0.2) is 9.50 Å². The van der Waals surface area contributed by atoms with Gasteiger partial charge in [0.2, 0.25) is 0 Å². The topological polar surface area (TPSA) is 33.4 Å². The van der Waals surface area contributed by atoms with Crippen LogP contribution in [0.15, 0.2) is 24.7 Å². The van der Waals surface area contributed by atoms with Crippen molar-refractivity contribution in [2.75, 3.05) is 23.3 Å². The standard InChI is InChI=1S/C10H10BrF3N4/c11-2-5-17(7-10(12,13)14)9-8-1-3-16-18(8)6-4-15-9/h1,3-4,6H,2,5,7H2. The molecule has 4 nitrogen and oxygen atoms in total. The lowest BCUT2D eigenvalue weighted by Crippen LogP contribution is -2.36. The third-order valence-electron chi connectivity index (χ3n) is 2.33. The van der Waals surface area contributed by atoms with Crippen molar-refractivity contribution in [3.63, 3.8) is 0 Å². The lowest BCUT2D eigenvalue weighted by molar-refractivity contribution is -0.119. The lowest BCUT2D eigenvalue weighted by atomic mass is 10.4. The molecule has 98 valence electrons. The normalized spacial score (nSPS) is 12.0. The minimum absolute atomic E-state index is 0.220. The summed E-state index contributed by atoms with van der Waals surface area (Å²) in [5.74, 6) is 0.284. The molecule has 0 bridgehead atoms. The summed E-state index contributed by atoms with van der Waals surface area (Å²) in [7, 11) is 0. The van der Waals surface area contributed by atoms with E-state index in [1.807, 2.05) is 0 Å². The first kappa shape index (κ1) is 13.1. The van der Waals surface area contributed by atoms with Crippen LogP contribution in [0.2, 0.25) is 0 Å². The first-order valence-electron chi connectivity index (χ1n) is 5.17. The molecular weight excluding hydrogens is 313 g/mol. The second kappa shape index (κ2) is 5.13. The number of alkyl halides is 4. The molecule has 0 unspecified atom stereocenters. The van der Waals surface area contributed by atoms with Crippen LogP contribution < -0.4 is 4.90 Å². The third kappa shape index (κ3) is 2.92. The smallest absolute Gasteiger partial charge is 0.345 e. The molecule has 2 rings (SSSR count). The molecule has 0 radical (unpaired) electrons. The first-order chi connectivity index (χ1) is 8.51. The molecule has 2 aromatic heterocycles. The van der Waals surface area contributed by atoms with E-state index >= 15 is 0 Å². The summed E-state index contributed by atoms with van der Waals surface area (Å²) in [5, 5.41) is 4.41. The van der Waals surface area contributed by atoms with Crippen LogP contribution in [0, 0.1) is 0 Å². The van der Waals surface area contributed by atoms with Crippen LogP contribution in [-0.2, 0) is 0 Å². The number of rotatable bonds is 4. The van der Waals surface area contributed by atoms with E-state index in [1.54, 1.807) is 12.3 Å². The molecule has 8 heteroatoms. The summed E-state index contributed by atoms with van der Waals surface area (Å²) in [5.41, 5.74) is 0.558. The van der Waals surface area contributed by atoms with Gasteiger partial charge < -0.3 is 4.90 Å². The fraction of sp³-hybridized carbons (Fsp3) is 0.400. The molecule has 0 amide bonds. The summed E-state index contributed by atoms with van der Waals surface area (Å²) < 4.78 is 39.1. The quantitative estimate of drug-likeness (QED) is 0.811. The predicted octanol–water partition coefficient (Wildman–Crippen LogP) is 2.49. The predicted molar refractivity (Wildman–Crippen MR) is 65.0 cm³/mol. The molecule has 0 aliphatic heterocycles. The average molecular weight is 323 g/mol. The molecule has 0 fully saturated rings. The van der Waals surface area contributed by atoms with Crippen molar-refractivity contribution < 1.29 is 13.2 Å². The van der Waals surface area contributed by atoms with E-state index in [0.29, 0.717) is 10.8 Å². The van der Waals surface area contributed by atoms with Gasteiger partial charge in [0.1, 0.15) is 12.1 Å². The van der Waals surface area contributed by atoms with E-state index in [2.05, 4.69) is 26.0 Å². The maximum Gasteiger partial charge on any atom is 0.405 e. The largest absolute Gasteiger partial charge is 0.405 e. The molecule has 0 N–H and O–H groups in total. The summed E-state index contributed by atoms with van der Waals surface area (Å²) in [4.78, 5) is 5.21. The van der Waals surface area contributed by atoms with E-state index in [0.717, 1.165) is 0 Å². The van der Waals surface area contributed by atoms with Gasteiger partial charge >= 0.3 is 6.18 Å². The fourth-order valence-corrected chi connectivity index (χ4v) is 2.09. The van der Waals surface area contributed by atoms with Crippen molar-refractivity contribution in [2.45, 2.75) is 6.18 Å². The van der Waals surface area contributed by atoms with E-state index in [-0.39, 0.29) is 12.4 Å². The van der Waals surface area contributed by atoms with Gasteiger partial charge in [-0.3, -0.25) is 0 Å². The highest BCUT2D eigenvalue weighted by molar-refractivity contribution is 9.09. The van der Waals surface area contributed by atoms with Crippen LogP contribution in [0.25, 0.3) is 5.52 Å². The van der Waals surface area contributed by atoms with Gasteiger partial charge in [0.05, 0.1) is 6.20 Å². The molecule has 0 spiro atoms. The summed E-state index contributed by atoms with van der Waals surface area (Å²) in [6.45, 7) is -0.812. The molecule has 0 aromatic carbocycles. The summed E-state index contributed by atoms with van der Waals surface area (Å²) in [6.07, 6.45) is 0.294. The molecule has 0 atom stereocenters. The van der Waals surface area contributed by atoms with Crippen molar-refractivity contribution in [3.05, 3.63) is 24.7 Å². The number of hydrogen-bond acceptors (Lipinski definition) is 3. The van der Waals surface area contributed by atoms with Gasteiger partial charge in [0, 0.05) is 24.3 Å². The Morgan fingerprint density at radius 1 is 1.33 bits per heavy atom. The van der Waals surface area contributed by atoms with Gasteiger partial charge in [-0.05, 0) is 6.07 Å². The number of fused-ring (bicyclic) bond motifs is 1. The Kier molecular flexibility index (Phi) is 3.74. The third-order valence-corrected chi connectivity index (χ3v) is 2.68. The minimum Gasteiger partial charge on any atom is -0.345 e. The van der Waals surface area contributed by atoms with Gasteiger partial charge in [0.25, 0.3) is 0 Å². The number of nitrogens with zero attached hydrogens (tertiary/aromatic N) is 4. The molecule has 18 heavy (non-hydrogen) atoms. The monoisotopic (exact) mass is 322 g/mol. The zero-order valence-corrected chi connectivity index (χ0v) is 10.8. The zero-order valence-electron chi connectivity index (χ0n) is 9.23. The van der Waals surface area contributed by atoms with E-state index in [9.17, 15) is 13.2 Å². The molecule has 0 saturated carbocycles. The van der Waals surface area contributed by atoms with E-state index in [4.69, 9.17) is 0 Å². The Hall–Kier alpha value is -1.31. The maximum atomic E-state index is 12.5. The number of anilines is 1. The maximum absolute atomic E-state index is 12.5. The van der Waals surface area contributed by atoms with Gasteiger partial charge in [-0.2, -0.15) is 18.3 Å². The van der Waals surface area contributed by atoms with Crippen LogP contribution in [0.1, 0.15) is 0 Å².